The van der Waals surface area contributed by atoms with Gasteiger partial charge in [0.25, 0.3) is 0 Å². The Morgan fingerprint density at radius 2 is 2.05 bits per heavy atom. The molecule has 0 aliphatic rings. The molecule has 1 atom stereocenters. The van der Waals surface area contributed by atoms with Gasteiger partial charge in [0.2, 0.25) is 0 Å². The van der Waals surface area contributed by atoms with E-state index in [9.17, 15) is 4.39 Å². The van der Waals surface area contributed by atoms with E-state index < -0.39 is 6.04 Å². The molecule has 3 nitrogen and oxygen atoms in total. The maximum atomic E-state index is 13.7. The van der Waals surface area contributed by atoms with Crippen LogP contribution in [0.15, 0.2) is 41.8 Å². The van der Waals surface area contributed by atoms with Crippen LogP contribution in [0.2, 0.25) is 0 Å². The molecule has 0 spiro atoms. The van der Waals surface area contributed by atoms with Crippen molar-refractivity contribution in [2.75, 3.05) is 6.61 Å². The van der Waals surface area contributed by atoms with Crippen LogP contribution in [0.1, 0.15) is 11.7 Å². The number of nitrogens with zero attached hydrogens (tertiary/aromatic N) is 1. The molecular formula is C15H13FN2OS. The van der Waals surface area contributed by atoms with E-state index in [2.05, 4.69) is 4.98 Å². The minimum Gasteiger partial charge on any atom is -0.394 e. The summed E-state index contributed by atoms with van der Waals surface area (Å²) in [6, 6.07) is 10.0. The van der Waals surface area contributed by atoms with E-state index in [1.165, 1.54) is 17.4 Å². The molecule has 0 aliphatic heterocycles. The summed E-state index contributed by atoms with van der Waals surface area (Å²) in [6.45, 7) is -0.157. The van der Waals surface area contributed by atoms with Gasteiger partial charge in [-0.3, -0.25) is 4.98 Å². The summed E-state index contributed by atoms with van der Waals surface area (Å²) in [7, 11) is 0. The number of halogens is 1. The molecule has 0 saturated carbocycles. The largest absolute Gasteiger partial charge is 0.394 e. The Labute approximate surface area is 119 Å². The van der Waals surface area contributed by atoms with E-state index in [1.807, 2.05) is 23.6 Å². The standard InChI is InChI=1S/C15H13FN2OS/c16-11-4-1-3-9-10(8-20-15(9)11)13-5-2-6-14(18-13)12(17)7-19/h1-6,8,12,19H,7,17H2. The number of hydrogen-bond acceptors (Lipinski definition) is 4. The Morgan fingerprint density at radius 1 is 1.25 bits per heavy atom. The average Bonchev–Trinajstić information content (AvgIpc) is 2.92. The normalized spacial score (nSPS) is 12.8. The predicted octanol–water partition coefficient (Wildman–Crippen LogP) is 3.09. The van der Waals surface area contributed by atoms with Gasteiger partial charge in [-0.05, 0) is 18.2 Å². The molecule has 0 amide bonds. The van der Waals surface area contributed by atoms with E-state index in [4.69, 9.17) is 10.8 Å². The Bertz CT molecular complexity index is 756. The average molecular weight is 288 g/mol. The first kappa shape index (κ1) is 13.2. The second-order valence-corrected chi connectivity index (χ2v) is 5.38. The molecule has 1 unspecified atom stereocenters. The van der Waals surface area contributed by atoms with Crippen LogP contribution < -0.4 is 5.73 Å². The first-order valence-electron chi connectivity index (χ1n) is 6.20. The fraction of sp³-hybridized carbons (Fsp3) is 0.133. The lowest BCUT2D eigenvalue weighted by molar-refractivity contribution is 0.266. The van der Waals surface area contributed by atoms with Crippen LogP contribution in [0.5, 0.6) is 0 Å². The monoisotopic (exact) mass is 288 g/mol. The lowest BCUT2D eigenvalue weighted by Gasteiger charge is -2.09. The molecule has 1 aromatic carbocycles. The smallest absolute Gasteiger partial charge is 0.141 e. The van der Waals surface area contributed by atoms with E-state index in [0.717, 1.165) is 16.6 Å². The summed E-state index contributed by atoms with van der Waals surface area (Å²) in [4.78, 5) is 4.46. The van der Waals surface area contributed by atoms with E-state index in [1.54, 1.807) is 12.1 Å². The van der Waals surface area contributed by atoms with Gasteiger partial charge < -0.3 is 10.8 Å². The minimum atomic E-state index is -0.503. The van der Waals surface area contributed by atoms with Crippen LogP contribution in [0, 0.1) is 5.82 Å². The van der Waals surface area contributed by atoms with Crippen LogP contribution in [0.4, 0.5) is 4.39 Å². The fourth-order valence-corrected chi connectivity index (χ4v) is 3.09. The Balaban J connectivity index is 2.14. The highest BCUT2D eigenvalue weighted by Gasteiger charge is 2.12. The number of fused-ring (bicyclic) bond motifs is 1. The summed E-state index contributed by atoms with van der Waals surface area (Å²) in [5, 5.41) is 11.8. The number of rotatable bonds is 3. The van der Waals surface area contributed by atoms with Crippen molar-refractivity contribution in [3.05, 3.63) is 53.3 Å². The molecule has 3 rings (SSSR count). The Kier molecular flexibility index (Phi) is 3.48. The number of aliphatic hydroxyl groups excluding tert-OH is 1. The van der Waals surface area contributed by atoms with Crippen LogP contribution >= 0.6 is 11.3 Å². The zero-order chi connectivity index (χ0) is 14.1. The molecule has 0 aliphatic carbocycles. The molecule has 20 heavy (non-hydrogen) atoms. The summed E-state index contributed by atoms with van der Waals surface area (Å²) in [5.74, 6) is -0.220. The van der Waals surface area contributed by atoms with Gasteiger partial charge in [-0.15, -0.1) is 11.3 Å². The molecule has 3 aromatic rings. The number of nitrogens with two attached hydrogens (primary N) is 1. The van der Waals surface area contributed by atoms with Gasteiger partial charge in [-0.25, -0.2) is 4.39 Å². The molecule has 0 bridgehead atoms. The van der Waals surface area contributed by atoms with Crippen molar-refractivity contribution < 1.29 is 9.50 Å². The third kappa shape index (κ3) is 2.20. The molecule has 2 aromatic heterocycles. The zero-order valence-electron chi connectivity index (χ0n) is 10.6. The fourth-order valence-electron chi connectivity index (χ4n) is 2.12. The van der Waals surface area contributed by atoms with Gasteiger partial charge >= 0.3 is 0 Å². The number of aliphatic hydroxyl groups is 1. The third-order valence-electron chi connectivity index (χ3n) is 3.17. The first-order valence-corrected chi connectivity index (χ1v) is 7.08. The third-order valence-corrected chi connectivity index (χ3v) is 4.18. The topological polar surface area (TPSA) is 59.1 Å². The van der Waals surface area contributed by atoms with E-state index >= 15 is 0 Å². The highest BCUT2D eigenvalue weighted by Crippen LogP contribution is 2.34. The van der Waals surface area contributed by atoms with Gasteiger partial charge in [0.15, 0.2) is 0 Å². The number of aromatic nitrogens is 1. The van der Waals surface area contributed by atoms with Gasteiger partial charge in [-0.2, -0.15) is 0 Å². The van der Waals surface area contributed by atoms with Gasteiger partial charge in [0.1, 0.15) is 5.82 Å². The van der Waals surface area contributed by atoms with Crippen molar-refractivity contribution in [2.24, 2.45) is 5.73 Å². The maximum Gasteiger partial charge on any atom is 0.141 e. The Morgan fingerprint density at radius 3 is 2.85 bits per heavy atom. The van der Waals surface area contributed by atoms with Crippen LogP contribution in [-0.2, 0) is 0 Å². The minimum absolute atomic E-state index is 0.157. The predicted molar refractivity (Wildman–Crippen MR) is 79.0 cm³/mol. The lowest BCUT2D eigenvalue weighted by Crippen LogP contribution is -2.16. The first-order chi connectivity index (χ1) is 9.70. The van der Waals surface area contributed by atoms with Crippen molar-refractivity contribution in [1.29, 1.82) is 0 Å². The highest BCUT2D eigenvalue weighted by molar-refractivity contribution is 7.17. The molecule has 5 heteroatoms. The summed E-state index contributed by atoms with van der Waals surface area (Å²) >= 11 is 1.36. The molecule has 2 heterocycles. The van der Waals surface area contributed by atoms with Crippen molar-refractivity contribution in [2.45, 2.75) is 6.04 Å². The number of hydrogen-bond donors (Lipinski definition) is 2. The zero-order valence-corrected chi connectivity index (χ0v) is 11.4. The lowest BCUT2D eigenvalue weighted by atomic mass is 10.1. The number of pyridine rings is 1. The van der Waals surface area contributed by atoms with Gasteiger partial charge in [-0.1, -0.05) is 18.2 Å². The van der Waals surface area contributed by atoms with Crippen molar-refractivity contribution >= 4 is 21.4 Å². The molecule has 0 radical (unpaired) electrons. The van der Waals surface area contributed by atoms with Crippen molar-refractivity contribution in [3.63, 3.8) is 0 Å². The molecule has 0 saturated heterocycles. The van der Waals surface area contributed by atoms with E-state index in [-0.39, 0.29) is 12.4 Å². The van der Waals surface area contributed by atoms with Crippen molar-refractivity contribution in [3.8, 4) is 11.3 Å². The summed E-state index contributed by atoms with van der Waals surface area (Å²) in [6.07, 6.45) is 0. The van der Waals surface area contributed by atoms with Gasteiger partial charge in [0.05, 0.1) is 28.7 Å². The number of thiophene rings is 1. The maximum absolute atomic E-state index is 13.7. The summed E-state index contributed by atoms with van der Waals surface area (Å²) < 4.78 is 14.3. The highest BCUT2D eigenvalue weighted by atomic mass is 32.1. The second-order valence-electron chi connectivity index (χ2n) is 4.50. The van der Waals surface area contributed by atoms with E-state index in [0.29, 0.717) is 10.4 Å². The van der Waals surface area contributed by atoms with Crippen molar-refractivity contribution in [1.82, 2.24) is 4.98 Å². The second kappa shape index (κ2) is 5.28. The molecular weight excluding hydrogens is 275 g/mol. The number of benzene rings is 1. The Hall–Kier alpha value is -1.82. The SMILES string of the molecule is NC(CO)c1cccc(-c2csc3c(F)cccc23)n1. The van der Waals surface area contributed by atoms with Crippen LogP contribution in [0.3, 0.4) is 0 Å². The molecule has 102 valence electrons. The summed E-state index contributed by atoms with van der Waals surface area (Å²) in [5.41, 5.74) is 8.03. The van der Waals surface area contributed by atoms with Crippen LogP contribution in [-0.4, -0.2) is 16.7 Å². The van der Waals surface area contributed by atoms with Gasteiger partial charge in [0, 0.05) is 16.3 Å². The van der Waals surface area contributed by atoms with Crippen LogP contribution in [0.25, 0.3) is 21.3 Å². The molecule has 0 fully saturated rings. The quantitative estimate of drug-likeness (QED) is 0.778. The molecule has 3 N–H and O–H groups in total.